The molecule has 0 aliphatic rings. The summed E-state index contributed by atoms with van der Waals surface area (Å²) in [6.07, 6.45) is 1.86. The van der Waals surface area contributed by atoms with Crippen molar-refractivity contribution in [2.75, 3.05) is 0 Å². The second-order valence-electron chi connectivity index (χ2n) is 6.26. The van der Waals surface area contributed by atoms with Gasteiger partial charge >= 0.3 is 0 Å². The Kier molecular flexibility index (Phi) is 6.96. The van der Waals surface area contributed by atoms with Gasteiger partial charge in [-0.25, -0.2) is 0 Å². The highest BCUT2D eigenvalue weighted by atomic mass is 79.9. The first-order valence-electron chi connectivity index (χ1n) is 8.51. The number of hydrogen-bond donors (Lipinski definition) is 0. The summed E-state index contributed by atoms with van der Waals surface area (Å²) < 4.78 is 7.57. The molecule has 0 atom stereocenters. The maximum Gasteiger partial charge on any atom is 0.148 e. The number of nitriles is 1. The Hall–Kier alpha value is -2.06. The van der Waals surface area contributed by atoms with E-state index >= 15 is 0 Å². The molecule has 0 aromatic heterocycles. The Labute approximate surface area is 186 Å². The second kappa shape index (κ2) is 9.43. The fraction of sp³-hybridized carbons (Fsp3) is 0.0870. The molecule has 3 aromatic rings. The van der Waals surface area contributed by atoms with E-state index in [9.17, 15) is 5.26 Å². The molecule has 0 fully saturated rings. The van der Waals surface area contributed by atoms with E-state index in [2.05, 4.69) is 37.9 Å². The first-order valence-corrected chi connectivity index (χ1v) is 10.5. The van der Waals surface area contributed by atoms with E-state index in [1.54, 1.807) is 0 Å². The fourth-order valence-corrected chi connectivity index (χ4v) is 4.19. The third-order valence-electron chi connectivity index (χ3n) is 4.11. The van der Waals surface area contributed by atoms with Gasteiger partial charge in [-0.1, -0.05) is 53.6 Å². The van der Waals surface area contributed by atoms with Crippen LogP contribution in [-0.2, 0) is 6.61 Å². The lowest BCUT2D eigenvalue weighted by Gasteiger charge is -2.12. The van der Waals surface area contributed by atoms with Crippen LogP contribution in [0.25, 0.3) is 11.6 Å². The molecule has 0 N–H and O–H groups in total. The van der Waals surface area contributed by atoms with Crippen LogP contribution in [0.2, 0.25) is 5.02 Å². The molecule has 0 radical (unpaired) electrons. The molecule has 0 amide bonds. The van der Waals surface area contributed by atoms with Crippen LogP contribution in [0.1, 0.15) is 22.3 Å². The first-order chi connectivity index (χ1) is 13.5. The average molecular weight is 518 g/mol. The molecular formula is C23H16Br2ClNO. The molecule has 0 saturated carbocycles. The third-order valence-corrected chi connectivity index (χ3v) is 5.54. The first kappa shape index (κ1) is 20.7. The molecule has 5 heteroatoms. The van der Waals surface area contributed by atoms with Crippen molar-refractivity contribution >= 4 is 55.1 Å². The highest BCUT2D eigenvalue weighted by molar-refractivity contribution is 9.11. The summed E-state index contributed by atoms with van der Waals surface area (Å²) in [5, 5.41) is 10.3. The van der Waals surface area contributed by atoms with Gasteiger partial charge in [0.25, 0.3) is 0 Å². The molecule has 140 valence electrons. The molecule has 3 rings (SSSR count). The number of aryl methyl sites for hydroxylation is 1. The van der Waals surface area contributed by atoms with Crippen LogP contribution in [0.15, 0.2) is 69.6 Å². The Bertz CT molecular complexity index is 1030. The lowest BCUT2D eigenvalue weighted by atomic mass is 10.0. The van der Waals surface area contributed by atoms with E-state index in [4.69, 9.17) is 16.3 Å². The van der Waals surface area contributed by atoms with E-state index in [0.29, 0.717) is 23.0 Å². The summed E-state index contributed by atoms with van der Waals surface area (Å²) in [4.78, 5) is 0. The van der Waals surface area contributed by atoms with Crippen LogP contribution in [0.3, 0.4) is 0 Å². The number of allylic oxidation sites excluding steroid dienone is 1. The molecule has 0 bridgehead atoms. The van der Waals surface area contributed by atoms with E-state index in [1.165, 1.54) is 0 Å². The minimum absolute atomic E-state index is 0.427. The van der Waals surface area contributed by atoms with Crippen molar-refractivity contribution in [3.63, 3.8) is 0 Å². The minimum Gasteiger partial charge on any atom is -0.487 e. The normalized spacial score (nSPS) is 11.2. The minimum atomic E-state index is 0.427. The van der Waals surface area contributed by atoms with Crippen molar-refractivity contribution in [1.82, 2.24) is 0 Å². The van der Waals surface area contributed by atoms with Gasteiger partial charge in [-0.15, -0.1) is 0 Å². The predicted molar refractivity (Wildman–Crippen MR) is 122 cm³/mol. The lowest BCUT2D eigenvalue weighted by molar-refractivity contribution is 0.302. The Morgan fingerprint density at radius 2 is 1.64 bits per heavy atom. The Morgan fingerprint density at radius 1 is 1.04 bits per heavy atom. The zero-order valence-electron chi connectivity index (χ0n) is 15.0. The van der Waals surface area contributed by atoms with Crippen molar-refractivity contribution < 1.29 is 4.74 Å². The molecule has 0 unspecified atom stereocenters. The fourth-order valence-electron chi connectivity index (χ4n) is 2.62. The monoisotopic (exact) mass is 515 g/mol. The maximum atomic E-state index is 9.56. The Morgan fingerprint density at radius 3 is 2.21 bits per heavy atom. The van der Waals surface area contributed by atoms with Crippen LogP contribution in [0.5, 0.6) is 5.75 Å². The number of nitrogens with zero attached hydrogens (tertiary/aromatic N) is 1. The molecule has 0 spiro atoms. The summed E-state index contributed by atoms with van der Waals surface area (Å²) in [7, 11) is 0. The van der Waals surface area contributed by atoms with Crippen LogP contribution in [0, 0.1) is 18.3 Å². The SMILES string of the molecule is Cc1ccc(/C(C#N)=C/c2cc(Br)c(OCc3ccc(Cl)cc3)c(Br)c2)cc1. The molecule has 2 nitrogen and oxygen atoms in total. The molecule has 0 heterocycles. The number of hydrogen-bond acceptors (Lipinski definition) is 2. The summed E-state index contributed by atoms with van der Waals surface area (Å²) in [5.74, 6) is 0.709. The van der Waals surface area contributed by atoms with Gasteiger partial charge in [0, 0.05) is 5.02 Å². The number of ether oxygens (including phenoxy) is 1. The molecule has 28 heavy (non-hydrogen) atoms. The van der Waals surface area contributed by atoms with Gasteiger partial charge in [-0.05, 0) is 85.8 Å². The summed E-state index contributed by atoms with van der Waals surface area (Å²) >= 11 is 13.1. The maximum absolute atomic E-state index is 9.56. The van der Waals surface area contributed by atoms with E-state index in [0.717, 1.165) is 31.2 Å². The zero-order chi connectivity index (χ0) is 20.1. The molecule has 3 aromatic carbocycles. The van der Waals surface area contributed by atoms with Gasteiger partial charge in [0.2, 0.25) is 0 Å². The molecule has 0 aliphatic heterocycles. The van der Waals surface area contributed by atoms with E-state index in [1.807, 2.05) is 73.7 Å². The summed E-state index contributed by atoms with van der Waals surface area (Å²) in [6.45, 7) is 2.45. The van der Waals surface area contributed by atoms with Crippen molar-refractivity contribution in [3.05, 3.63) is 96.9 Å². The van der Waals surface area contributed by atoms with Crippen molar-refractivity contribution in [2.24, 2.45) is 0 Å². The highest BCUT2D eigenvalue weighted by Crippen LogP contribution is 2.36. The standard InChI is InChI=1S/C23H16Br2ClNO/c1-15-2-6-18(7-3-15)19(13-27)10-17-11-21(24)23(22(25)12-17)28-14-16-4-8-20(26)9-5-16/h2-12H,14H2,1H3/b19-10+. The van der Waals surface area contributed by atoms with Crippen LogP contribution in [-0.4, -0.2) is 0 Å². The third kappa shape index (κ3) is 5.26. The quantitative estimate of drug-likeness (QED) is 0.255. The largest absolute Gasteiger partial charge is 0.487 e. The average Bonchev–Trinajstić information content (AvgIpc) is 2.67. The molecular weight excluding hydrogens is 502 g/mol. The highest BCUT2D eigenvalue weighted by Gasteiger charge is 2.10. The lowest BCUT2D eigenvalue weighted by Crippen LogP contribution is -1.97. The van der Waals surface area contributed by atoms with Gasteiger partial charge in [0.1, 0.15) is 12.4 Å². The number of rotatable bonds is 5. The van der Waals surface area contributed by atoms with Gasteiger partial charge in [-0.3, -0.25) is 0 Å². The summed E-state index contributed by atoms with van der Waals surface area (Å²) in [6, 6.07) is 21.6. The topological polar surface area (TPSA) is 33.0 Å². The van der Waals surface area contributed by atoms with Gasteiger partial charge in [0.15, 0.2) is 0 Å². The van der Waals surface area contributed by atoms with Crippen LogP contribution < -0.4 is 4.74 Å². The van der Waals surface area contributed by atoms with Crippen LogP contribution in [0.4, 0.5) is 0 Å². The van der Waals surface area contributed by atoms with E-state index in [-0.39, 0.29) is 0 Å². The second-order valence-corrected chi connectivity index (χ2v) is 8.41. The van der Waals surface area contributed by atoms with Gasteiger partial charge < -0.3 is 4.74 Å². The van der Waals surface area contributed by atoms with E-state index < -0.39 is 0 Å². The number of benzene rings is 3. The van der Waals surface area contributed by atoms with Crippen LogP contribution >= 0.6 is 43.5 Å². The van der Waals surface area contributed by atoms with Crippen molar-refractivity contribution in [3.8, 4) is 11.8 Å². The predicted octanol–water partition coefficient (Wildman–Crippen LogP) is 7.82. The molecule has 0 aliphatic carbocycles. The Balaban J connectivity index is 1.83. The smallest absolute Gasteiger partial charge is 0.148 e. The molecule has 0 saturated heterocycles. The van der Waals surface area contributed by atoms with Gasteiger partial charge in [-0.2, -0.15) is 5.26 Å². The number of halogens is 3. The zero-order valence-corrected chi connectivity index (χ0v) is 19.0. The van der Waals surface area contributed by atoms with Gasteiger partial charge in [0.05, 0.1) is 20.6 Å². The van der Waals surface area contributed by atoms with Crippen molar-refractivity contribution in [2.45, 2.75) is 13.5 Å². The summed E-state index contributed by atoms with van der Waals surface area (Å²) in [5.41, 5.74) is 4.58. The van der Waals surface area contributed by atoms with Crippen molar-refractivity contribution in [1.29, 1.82) is 5.26 Å².